The zero-order valence-corrected chi connectivity index (χ0v) is 13.7. The van der Waals surface area contributed by atoms with Crippen molar-refractivity contribution >= 4 is 23.4 Å². The topological polar surface area (TPSA) is 32.3 Å². The van der Waals surface area contributed by atoms with Crippen LogP contribution in [0.2, 0.25) is 0 Å². The summed E-state index contributed by atoms with van der Waals surface area (Å²) in [4.78, 5) is 15.0. The highest BCUT2D eigenvalue weighted by atomic mass is 16.2. The second kappa shape index (κ2) is 6.52. The minimum Gasteiger partial charge on any atom is -0.380 e. The number of benzene rings is 2. The second-order valence-corrected chi connectivity index (χ2v) is 6.57. The van der Waals surface area contributed by atoms with Crippen molar-refractivity contribution in [1.82, 2.24) is 0 Å². The lowest BCUT2D eigenvalue weighted by molar-refractivity contribution is -0.122. The normalized spacial score (nSPS) is 22.8. The van der Waals surface area contributed by atoms with E-state index in [4.69, 9.17) is 0 Å². The third kappa shape index (κ3) is 2.82. The summed E-state index contributed by atoms with van der Waals surface area (Å²) >= 11 is 0. The molecule has 1 N–H and O–H groups in total. The van der Waals surface area contributed by atoms with Gasteiger partial charge >= 0.3 is 0 Å². The Kier molecular flexibility index (Phi) is 4.08. The Balaban J connectivity index is 1.62. The number of amides is 1. The van der Waals surface area contributed by atoms with Gasteiger partial charge in [0.15, 0.2) is 0 Å². The van der Waals surface area contributed by atoms with Crippen molar-refractivity contribution < 1.29 is 4.79 Å². The van der Waals surface area contributed by atoms with E-state index in [1.54, 1.807) is 0 Å². The predicted molar refractivity (Wildman–Crippen MR) is 99.0 cm³/mol. The summed E-state index contributed by atoms with van der Waals surface area (Å²) in [5, 5.41) is 3.60. The van der Waals surface area contributed by atoms with Crippen molar-refractivity contribution in [3.8, 4) is 0 Å². The summed E-state index contributed by atoms with van der Waals surface area (Å²) in [5.41, 5.74) is 3.23. The first-order valence-electron chi connectivity index (χ1n) is 8.71. The highest BCUT2D eigenvalue weighted by Crippen LogP contribution is 2.38. The number of carbonyl (C=O) groups is 1. The molecular formula is C21H22N2O. The van der Waals surface area contributed by atoms with Gasteiger partial charge in [0, 0.05) is 12.6 Å². The lowest BCUT2D eigenvalue weighted by Crippen LogP contribution is -2.38. The number of nitrogens with zero attached hydrogens (tertiary/aromatic N) is 1. The number of carbonyl (C=O) groups excluding carboxylic acids is 1. The average molecular weight is 318 g/mol. The lowest BCUT2D eigenvalue weighted by Gasteiger charge is -2.23. The molecule has 0 radical (unpaired) electrons. The van der Waals surface area contributed by atoms with Crippen molar-refractivity contribution in [2.24, 2.45) is 5.92 Å². The Hall–Kier alpha value is -2.55. The number of hydrogen-bond donors (Lipinski definition) is 1. The molecule has 1 aliphatic heterocycles. The van der Waals surface area contributed by atoms with Gasteiger partial charge in [-0.05, 0) is 30.5 Å². The first kappa shape index (κ1) is 15.0. The van der Waals surface area contributed by atoms with Gasteiger partial charge in [0.1, 0.15) is 0 Å². The van der Waals surface area contributed by atoms with Crippen LogP contribution in [0.1, 0.15) is 24.8 Å². The van der Waals surface area contributed by atoms with Crippen LogP contribution in [0.3, 0.4) is 0 Å². The van der Waals surface area contributed by atoms with Gasteiger partial charge < -0.3 is 10.2 Å². The van der Waals surface area contributed by atoms with E-state index in [9.17, 15) is 4.79 Å². The molecule has 2 aromatic carbocycles. The first-order valence-corrected chi connectivity index (χ1v) is 8.71. The predicted octanol–water partition coefficient (Wildman–Crippen LogP) is 4.33. The SMILES string of the molecule is O=C1C2CCCC2Nc2ccccc2N1CC=Cc1ccccc1. The van der Waals surface area contributed by atoms with Crippen LogP contribution in [0.4, 0.5) is 11.4 Å². The van der Waals surface area contributed by atoms with Crippen molar-refractivity contribution in [2.45, 2.75) is 25.3 Å². The minimum atomic E-state index is 0.0996. The molecule has 2 unspecified atom stereocenters. The van der Waals surface area contributed by atoms with Crippen molar-refractivity contribution in [1.29, 1.82) is 0 Å². The fourth-order valence-corrected chi connectivity index (χ4v) is 3.82. The molecule has 0 aromatic heterocycles. The lowest BCUT2D eigenvalue weighted by atomic mass is 10.0. The molecule has 3 nitrogen and oxygen atoms in total. The van der Waals surface area contributed by atoms with Crippen molar-refractivity contribution in [3.63, 3.8) is 0 Å². The molecule has 122 valence electrons. The van der Waals surface area contributed by atoms with Crippen molar-refractivity contribution in [3.05, 3.63) is 66.2 Å². The Bertz CT molecular complexity index is 753. The Morgan fingerprint density at radius 3 is 2.71 bits per heavy atom. The summed E-state index contributed by atoms with van der Waals surface area (Å²) in [6, 6.07) is 18.6. The van der Waals surface area contributed by atoms with Gasteiger partial charge in [-0.25, -0.2) is 0 Å². The smallest absolute Gasteiger partial charge is 0.232 e. The molecule has 4 rings (SSSR count). The zero-order chi connectivity index (χ0) is 16.4. The van der Waals surface area contributed by atoms with E-state index in [1.165, 1.54) is 0 Å². The average Bonchev–Trinajstić information content (AvgIpc) is 3.04. The molecule has 0 saturated heterocycles. The number of hydrogen-bond acceptors (Lipinski definition) is 2. The van der Waals surface area contributed by atoms with Crippen LogP contribution in [0.25, 0.3) is 6.08 Å². The number of nitrogens with one attached hydrogen (secondary N) is 1. The molecule has 0 bridgehead atoms. The summed E-state index contributed by atoms with van der Waals surface area (Å²) in [6.07, 6.45) is 7.37. The fourth-order valence-electron chi connectivity index (χ4n) is 3.82. The Morgan fingerprint density at radius 2 is 1.83 bits per heavy atom. The van der Waals surface area contributed by atoms with Gasteiger partial charge in [0.2, 0.25) is 5.91 Å². The van der Waals surface area contributed by atoms with Gasteiger partial charge in [-0.15, -0.1) is 0 Å². The number of rotatable bonds is 3. The number of fused-ring (bicyclic) bond motifs is 2. The Labute approximate surface area is 143 Å². The summed E-state index contributed by atoms with van der Waals surface area (Å²) in [7, 11) is 0. The number of anilines is 2. The molecule has 1 heterocycles. The maximum atomic E-state index is 13.1. The van der Waals surface area contributed by atoms with E-state index in [0.717, 1.165) is 36.2 Å². The van der Waals surface area contributed by atoms with Crippen LogP contribution in [0.15, 0.2) is 60.7 Å². The molecular weight excluding hydrogens is 296 g/mol. The molecule has 2 atom stereocenters. The highest BCUT2D eigenvalue weighted by molar-refractivity contribution is 6.00. The maximum Gasteiger partial charge on any atom is 0.232 e. The molecule has 1 amide bonds. The molecule has 3 heteroatoms. The molecule has 24 heavy (non-hydrogen) atoms. The zero-order valence-electron chi connectivity index (χ0n) is 13.7. The van der Waals surface area contributed by atoms with E-state index in [2.05, 4.69) is 35.7 Å². The van der Waals surface area contributed by atoms with E-state index >= 15 is 0 Å². The van der Waals surface area contributed by atoms with Crippen LogP contribution < -0.4 is 10.2 Å². The fraction of sp³-hybridized carbons (Fsp3) is 0.286. The summed E-state index contributed by atoms with van der Waals surface area (Å²) in [5.74, 6) is 0.357. The van der Waals surface area contributed by atoms with E-state index in [-0.39, 0.29) is 17.9 Å². The third-order valence-electron chi connectivity index (χ3n) is 5.03. The van der Waals surface area contributed by atoms with E-state index in [1.807, 2.05) is 41.3 Å². The number of para-hydroxylation sites is 2. The van der Waals surface area contributed by atoms with Crippen LogP contribution in [0, 0.1) is 5.92 Å². The van der Waals surface area contributed by atoms with Gasteiger partial charge in [-0.1, -0.05) is 61.0 Å². The van der Waals surface area contributed by atoms with Crippen LogP contribution in [-0.2, 0) is 4.79 Å². The molecule has 1 fully saturated rings. The summed E-state index contributed by atoms with van der Waals surface area (Å²) < 4.78 is 0. The van der Waals surface area contributed by atoms with E-state index < -0.39 is 0 Å². The largest absolute Gasteiger partial charge is 0.380 e. The quantitative estimate of drug-likeness (QED) is 0.913. The van der Waals surface area contributed by atoms with Crippen LogP contribution >= 0.6 is 0 Å². The third-order valence-corrected chi connectivity index (χ3v) is 5.03. The standard InChI is InChI=1S/C21H22N2O/c24-21-17-11-6-13-18(17)22-19-12-4-5-14-20(19)23(21)15-7-10-16-8-2-1-3-9-16/h1-5,7-10,12,14,17-18,22H,6,11,13,15H2. The van der Waals surface area contributed by atoms with Gasteiger partial charge in [-0.2, -0.15) is 0 Å². The van der Waals surface area contributed by atoms with Crippen LogP contribution in [-0.4, -0.2) is 18.5 Å². The van der Waals surface area contributed by atoms with Gasteiger partial charge in [0.05, 0.1) is 17.3 Å². The van der Waals surface area contributed by atoms with Gasteiger partial charge in [-0.3, -0.25) is 4.79 Å². The second-order valence-electron chi connectivity index (χ2n) is 6.57. The first-order chi connectivity index (χ1) is 11.8. The molecule has 1 saturated carbocycles. The van der Waals surface area contributed by atoms with Crippen molar-refractivity contribution in [2.75, 3.05) is 16.8 Å². The van der Waals surface area contributed by atoms with E-state index in [0.29, 0.717) is 6.54 Å². The van der Waals surface area contributed by atoms with Gasteiger partial charge in [0.25, 0.3) is 0 Å². The molecule has 1 aliphatic carbocycles. The Morgan fingerprint density at radius 1 is 1.04 bits per heavy atom. The van der Waals surface area contributed by atoms with Crippen LogP contribution in [0.5, 0.6) is 0 Å². The summed E-state index contributed by atoms with van der Waals surface area (Å²) in [6.45, 7) is 0.607. The molecule has 2 aliphatic rings. The highest BCUT2D eigenvalue weighted by Gasteiger charge is 2.39. The monoisotopic (exact) mass is 318 g/mol. The minimum absolute atomic E-state index is 0.0996. The maximum absolute atomic E-state index is 13.1. The molecule has 0 spiro atoms. The molecule has 2 aromatic rings.